The fourth-order valence-electron chi connectivity index (χ4n) is 4.20. The van der Waals surface area contributed by atoms with Crippen LogP contribution in [0, 0.1) is 0 Å². The van der Waals surface area contributed by atoms with Crippen LogP contribution in [-0.2, 0) is 11.3 Å². The Bertz CT molecular complexity index is 569. The summed E-state index contributed by atoms with van der Waals surface area (Å²) in [6, 6.07) is 0.819. The van der Waals surface area contributed by atoms with Gasteiger partial charge in [0.2, 0.25) is 11.8 Å². The van der Waals surface area contributed by atoms with Crippen LogP contribution >= 0.6 is 0 Å². The number of hydrogen-bond acceptors (Lipinski definition) is 5. The van der Waals surface area contributed by atoms with Crippen molar-refractivity contribution in [2.75, 3.05) is 13.1 Å². The highest BCUT2D eigenvalue weighted by Gasteiger charge is 2.39. The summed E-state index contributed by atoms with van der Waals surface area (Å²) in [7, 11) is 0. The van der Waals surface area contributed by atoms with Gasteiger partial charge in [0.25, 0.3) is 0 Å². The third kappa shape index (κ3) is 3.01. The van der Waals surface area contributed by atoms with Crippen molar-refractivity contribution in [1.82, 2.24) is 19.9 Å². The van der Waals surface area contributed by atoms with Gasteiger partial charge in [-0.2, -0.15) is 4.98 Å². The summed E-state index contributed by atoms with van der Waals surface area (Å²) in [6.07, 6.45) is 7.62. The summed E-state index contributed by atoms with van der Waals surface area (Å²) >= 11 is 0. The van der Waals surface area contributed by atoms with Crippen molar-refractivity contribution >= 4 is 5.91 Å². The number of carbonyl (C=O) groups is 1. The summed E-state index contributed by atoms with van der Waals surface area (Å²) in [5, 5.41) is 4.12. The van der Waals surface area contributed by atoms with E-state index in [1.165, 1.54) is 25.7 Å². The lowest BCUT2D eigenvalue weighted by Gasteiger charge is -2.34. The smallest absolute Gasteiger partial charge is 0.240 e. The van der Waals surface area contributed by atoms with Crippen LogP contribution in [0.3, 0.4) is 0 Å². The van der Waals surface area contributed by atoms with Gasteiger partial charge in [0.05, 0.1) is 6.54 Å². The van der Waals surface area contributed by atoms with E-state index in [0.29, 0.717) is 30.3 Å². The van der Waals surface area contributed by atoms with Gasteiger partial charge in [-0.05, 0) is 45.1 Å². The number of amides is 1. The molecule has 3 aliphatic rings. The Morgan fingerprint density at radius 3 is 2.74 bits per heavy atom. The minimum atomic E-state index is 0.299. The zero-order chi connectivity index (χ0) is 15.8. The average molecular weight is 318 g/mol. The molecule has 23 heavy (non-hydrogen) atoms. The standard InChI is InChI=1S/C17H26N4O2/c1-2-16(22)21-10-4-6-14(21)13-5-3-9-20(13)11-15-18-17(19-23-15)12-7-8-12/h12-14H,2-11H2,1H3/t13-,14-/m1/s1. The molecule has 6 heteroatoms. The van der Waals surface area contributed by atoms with Crippen LogP contribution in [0.5, 0.6) is 0 Å². The van der Waals surface area contributed by atoms with Crippen molar-refractivity contribution in [2.24, 2.45) is 0 Å². The van der Waals surface area contributed by atoms with Crippen molar-refractivity contribution in [1.29, 1.82) is 0 Å². The molecule has 1 aromatic rings. The topological polar surface area (TPSA) is 62.5 Å². The lowest BCUT2D eigenvalue weighted by atomic mass is 10.0. The first-order chi connectivity index (χ1) is 11.3. The van der Waals surface area contributed by atoms with Crippen molar-refractivity contribution in [3.8, 4) is 0 Å². The summed E-state index contributed by atoms with van der Waals surface area (Å²) in [4.78, 5) is 21.3. The molecule has 3 heterocycles. The normalized spacial score (nSPS) is 28.7. The second kappa shape index (κ2) is 6.23. The highest BCUT2D eigenvalue weighted by Crippen LogP contribution is 2.38. The molecule has 0 radical (unpaired) electrons. The fraction of sp³-hybridized carbons (Fsp3) is 0.824. The van der Waals surface area contributed by atoms with Crippen LogP contribution in [0.1, 0.15) is 69.5 Å². The lowest BCUT2D eigenvalue weighted by Crippen LogP contribution is -2.47. The van der Waals surface area contributed by atoms with E-state index >= 15 is 0 Å². The van der Waals surface area contributed by atoms with Crippen LogP contribution in [0.15, 0.2) is 4.52 Å². The van der Waals surface area contributed by atoms with Crippen molar-refractivity contribution in [3.05, 3.63) is 11.7 Å². The molecule has 1 saturated carbocycles. The Labute approximate surface area is 137 Å². The molecule has 3 fully saturated rings. The van der Waals surface area contributed by atoms with E-state index in [4.69, 9.17) is 4.52 Å². The quantitative estimate of drug-likeness (QED) is 0.833. The van der Waals surface area contributed by atoms with Gasteiger partial charge in [0.15, 0.2) is 5.82 Å². The van der Waals surface area contributed by atoms with Crippen LogP contribution in [0.2, 0.25) is 0 Å². The highest BCUT2D eigenvalue weighted by atomic mass is 16.5. The molecule has 0 bridgehead atoms. The van der Waals surface area contributed by atoms with Gasteiger partial charge < -0.3 is 9.42 Å². The second-order valence-corrected chi connectivity index (χ2v) is 7.15. The second-order valence-electron chi connectivity index (χ2n) is 7.15. The van der Waals surface area contributed by atoms with Crippen molar-refractivity contribution in [3.63, 3.8) is 0 Å². The zero-order valence-corrected chi connectivity index (χ0v) is 13.9. The van der Waals surface area contributed by atoms with Crippen LogP contribution in [-0.4, -0.2) is 51.0 Å². The predicted octanol–water partition coefficient (Wildman–Crippen LogP) is 2.31. The third-order valence-corrected chi connectivity index (χ3v) is 5.55. The van der Waals surface area contributed by atoms with E-state index < -0.39 is 0 Å². The van der Waals surface area contributed by atoms with Crippen molar-refractivity contribution in [2.45, 2.75) is 76.4 Å². The number of hydrogen-bond donors (Lipinski definition) is 0. The van der Waals surface area contributed by atoms with E-state index in [9.17, 15) is 4.79 Å². The summed E-state index contributed by atoms with van der Waals surface area (Å²) < 4.78 is 5.45. The van der Waals surface area contributed by atoms with Gasteiger partial charge in [-0.15, -0.1) is 0 Å². The summed E-state index contributed by atoms with van der Waals surface area (Å²) in [6.45, 7) is 4.68. The SMILES string of the molecule is CCC(=O)N1CCC[C@@H]1[C@H]1CCCN1Cc1nc(C2CC2)no1. The molecule has 0 spiro atoms. The van der Waals surface area contributed by atoms with E-state index in [0.717, 1.165) is 44.2 Å². The van der Waals surface area contributed by atoms with Gasteiger partial charge in [-0.25, -0.2) is 0 Å². The molecule has 2 saturated heterocycles. The van der Waals surface area contributed by atoms with E-state index in [1.807, 2.05) is 6.92 Å². The van der Waals surface area contributed by atoms with E-state index in [-0.39, 0.29) is 0 Å². The van der Waals surface area contributed by atoms with Crippen LogP contribution in [0.4, 0.5) is 0 Å². The largest absolute Gasteiger partial charge is 0.338 e. The van der Waals surface area contributed by atoms with Crippen molar-refractivity contribution < 1.29 is 9.32 Å². The summed E-state index contributed by atoms with van der Waals surface area (Å²) in [5.41, 5.74) is 0. The molecule has 0 unspecified atom stereocenters. The molecule has 4 rings (SSSR count). The maximum Gasteiger partial charge on any atom is 0.240 e. The Balaban J connectivity index is 1.44. The Hall–Kier alpha value is -1.43. The Morgan fingerprint density at radius 2 is 1.96 bits per heavy atom. The molecule has 1 amide bonds. The number of rotatable bonds is 5. The molecule has 0 aromatic carbocycles. The van der Waals surface area contributed by atoms with Crippen LogP contribution < -0.4 is 0 Å². The Kier molecular flexibility index (Phi) is 4.09. The molecular weight excluding hydrogens is 292 g/mol. The van der Waals surface area contributed by atoms with Gasteiger partial charge in [-0.3, -0.25) is 9.69 Å². The first-order valence-corrected chi connectivity index (χ1v) is 9.12. The van der Waals surface area contributed by atoms with E-state index in [1.54, 1.807) is 0 Å². The highest BCUT2D eigenvalue weighted by molar-refractivity contribution is 5.76. The fourth-order valence-corrected chi connectivity index (χ4v) is 4.20. The van der Waals surface area contributed by atoms with Gasteiger partial charge in [0, 0.05) is 31.0 Å². The molecule has 6 nitrogen and oxygen atoms in total. The molecule has 126 valence electrons. The molecule has 0 N–H and O–H groups in total. The lowest BCUT2D eigenvalue weighted by molar-refractivity contribution is -0.132. The monoisotopic (exact) mass is 318 g/mol. The maximum atomic E-state index is 12.2. The number of nitrogens with zero attached hydrogens (tertiary/aromatic N) is 4. The minimum absolute atomic E-state index is 0.299. The molecule has 1 aromatic heterocycles. The number of aromatic nitrogens is 2. The predicted molar refractivity (Wildman–Crippen MR) is 84.7 cm³/mol. The molecule has 2 aliphatic heterocycles. The Morgan fingerprint density at radius 1 is 1.17 bits per heavy atom. The average Bonchev–Trinajstić information content (AvgIpc) is 2.97. The molecule has 1 aliphatic carbocycles. The zero-order valence-electron chi connectivity index (χ0n) is 13.9. The number of carbonyl (C=O) groups excluding carboxylic acids is 1. The van der Waals surface area contributed by atoms with E-state index in [2.05, 4.69) is 19.9 Å². The molecule has 2 atom stereocenters. The van der Waals surface area contributed by atoms with Gasteiger partial charge in [-0.1, -0.05) is 12.1 Å². The van der Waals surface area contributed by atoms with Crippen LogP contribution in [0.25, 0.3) is 0 Å². The first kappa shape index (κ1) is 15.1. The molecular formula is C17H26N4O2. The van der Waals surface area contributed by atoms with Gasteiger partial charge in [0.1, 0.15) is 0 Å². The first-order valence-electron chi connectivity index (χ1n) is 9.12. The van der Waals surface area contributed by atoms with Gasteiger partial charge >= 0.3 is 0 Å². The summed E-state index contributed by atoms with van der Waals surface area (Å²) in [5.74, 6) is 2.46. The minimum Gasteiger partial charge on any atom is -0.338 e. The third-order valence-electron chi connectivity index (χ3n) is 5.55. The number of likely N-dealkylation sites (tertiary alicyclic amines) is 2. The maximum absolute atomic E-state index is 12.2.